The lowest BCUT2D eigenvalue weighted by atomic mass is 9.92. The zero-order valence-electron chi connectivity index (χ0n) is 18.0. The van der Waals surface area contributed by atoms with Crippen molar-refractivity contribution in [2.75, 3.05) is 12.1 Å². The van der Waals surface area contributed by atoms with Crippen molar-refractivity contribution < 1.29 is 9.53 Å². The van der Waals surface area contributed by atoms with Gasteiger partial charge in [-0.2, -0.15) is 0 Å². The number of H-pyrrole nitrogens is 1. The average molecular weight is 417 g/mol. The van der Waals surface area contributed by atoms with Gasteiger partial charge < -0.3 is 14.6 Å². The van der Waals surface area contributed by atoms with Crippen LogP contribution in [0.5, 0.6) is 5.75 Å². The number of hydrazone groups is 1. The Hall–Kier alpha value is -3.28. The number of nitrogens with zero attached hydrogens (tertiary/aromatic N) is 3. The second-order valence-electron chi connectivity index (χ2n) is 8.38. The number of fused-ring (bicyclic) bond motifs is 1. The number of hydrogen-bond donors (Lipinski definition) is 1. The van der Waals surface area contributed by atoms with Crippen LogP contribution in [0.1, 0.15) is 50.8 Å². The van der Waals surface area contributed by atoms with E-state index in [1.165, 1.54) is 19.3 Å². The van der Waals surface area contributed by atoms with Gasteiger partial charge in [-0.05, 0) is 43.2 Å². The number of carbonyl (C=O) groups is 1. The van der Waals surface area contributed by atoms with Gasteiger partial charge >= 0.3 is 0 Å². The first-order valence-electron chi connectivity index (χ1n) is 11.0. The van der Waals surface area contributed by atoms with Crippen LogP contribution in [-0.4, -0.2) is 34.7 Å². The Bertz CT molecular complexity index is 1110. The molecule has 1 saturated carbocycles. The molecule has 0 unspecified atom stereocenters. The van der Waals surface area contributed by atoms with Gasteiger partial charge in [0.1, 0.15) is 5.75 Å². The highest BCUT2D eigenvalue weighted by Gasteiger charge is 2.43. The Morgan fingerprint density at radius 1 is 1.06 bits per heavy atom. The van der Waals surface area contributed by atoms with Gasteiger partial charge in [0.05, 0.1) is 12.8 Å². The SMILES string of the molecule is COc1ccc(N2N=C(C(C)=O)N(C3CCCCC3)[C@@H]2c2c[nH]c3ccccc23)cc1. The molecule has 160 valence electrons. The van der Waals surface area contributed by atoms with Crippen molar-refractivity contribution in [1.29, 1.82) is 0 Å². The first-order chi connectivity index (χ1) is 15.2. The molecule has 2 aromatic carbocycles. The predicted molar refractivity (Wildman–Crippen MR) is 123 cm³/mol. The highest BCUT2D eigenvalue weighted by molar-refractivity contribution is 6.38. The van der Waals surface area contributed by atoms with Crippen molar-refractivity contribution in [1.82, 2.24) is 9.88 Å². The summed E-state index contributed by atoms with van der Waals surface area (Å²) in [6.45, 7) is 1.62. The van der Waals surface area contributed by atoms with Crippen molar-refractivity contribution in [3.8, 4) is 5.75 Å². The number of nitrogens with one attached hydrogen (secondary N) is 1. The van der Waals surface area contributed by atoms with Crippen LogP contribution in [0.3, 0.4) is 0 Å². The highest BCUT2D eigenvalue weighted by atomic mass is 16.5. The lowest BCUT2D eigenvalue weighted by Gasteiger charge is -2.39. The molecule has 1 N–H and O–H groups in total. The average Bonchev–Trinajstić information content (AvgIpc) is 3.41. The largest absolute Gasteiger partial charge is 0.497 e. The summed E-state index contributed by atoms with van der Waals surface area (Å²) in [7, 11) is 1.66. The molecule has 1 aromatic heterocycles. The first-order valence-corrected chi connectivity index (χ1v) is 11.0. The van der Waals surface area contributed by atoms with Crippen LogP contribution in [0.25, 0.3) is 10.9 Å². The van der Waals surface area contributed by atoms with Gasteiger partial charge in [0.25, 0.3) is 0 Å². The lowest BCUT2D eigenvalue weighted by Crippen LogP contribution is -2.45. The number of Topliss-reactive ketones (excluding diaryl/α,β-unsaturated/α-hetero) is 1. The number of hydrogen-bond acceptors (Lipinski definition) is 5. The molecular weight excluding hydrogens is 388 g/mol. The zero-order valence-corrected chi connectivity index (χ0v) is 18.0. The third-order valence-electron chi connectivity index (χ3n) is 6.46. The molecule has 2 heterocycles. The Morgan fingerprint density at radius 2 is 1.81 bits per heavy atom. The number of ketones is 1. The molecule has 31 heavy (non-hydrogen) atoms. The van der Waals surface area contributed by atoms with Crippen LogP contribution >= 0.6 is 0 Å². The lowest BCUT2D eigenvalue weighted by molar-refractivity contribution is -0.111. The van der Waals surface area contributed by atoms with E-state index in [4.69, 9.17) is 9.84 Å². The minimum atomic E-state index is -0.174. The van der Waals surface area contributed by atoms with E-state index >= 15 is 0 Å². The highest BCUT2D eigenvalue weighted by Crippen LogP contribution is 2.42. The number of rotatable bonds is 5. The number of aromatic amines is 1. The number of para-hydroxylation sites is 1. The van der Waals surface area contributed by atoms with Crippen LogP contribution < -0.4 is 9.75 Å². The molecule has 0 bridgehead atoms. The maximum absolute atomic E-state index is 12.7. The first kappa shape index (κ1) is 19.7. The Kier molecular flexibility index (Phi) is 5.14. The third-order valence-corrected chi connectivity index (χ3v) is 6.46. The molecule has 2 aliphatic rings. The quantitative estimate of drug-likeness (QED) is 0.618. The summed E-state index contributed by atoms with van der Waals surface area (Å²) >= 11 is 0. The molecule has 3 aromatic rings. The van der Waals surface area contributed by atoms with Gasteiger partial charge in [-0.1, -0.05) is 37.5 Å². The topological polar surface area (TPSA) is 60.9 Å². The van der Waals surface area contributed by atoms with Crippen molar-refractivity contribution in [2.45, 2.75) is 51.2 Å². The molecular formula is C25H28N4O2. The minimum Gasteiger partial charge on any atom is -0.497 e. The number of amidine groups is 1. The van der Waals surface area contributed by atoms with Crippen molar-refractivity contribution in [3.63, 3.8) is 0 Å². The number of carbonyl (C=O) groups excluding carboxylic acids is 1. The third kappa shape index (κ3) is 3.46. The maximum Gasteiger partial charge on any atom is 0.196 e. The molecule has 6 nitrogen and oxygen atoms in total. The molecule has 0 radical (unpaired) electrons. The van der Waals surface area contributed by atoms with Crippen LogP contribution in [0.4, 0.5) is 5.69 Å². The van der Waals surface area contributed by atoms with Crippen LogP contribution in [0.15, 0.2) is 59.8 Å². The zero-order chi connectivity index (χ0) is 21.4. The molecule has 0 amide bonds. The normalized spacial score (nSPS) is 19.7. The minimum absolute atomic E-state index is 0.00595. The molecule has 1 aliphatic carbocycles. The molecule has 1 atom stereocenters. The molecule has 0 spiro atoms. The van der Waals surface area contributed by atoms with E-state index in [0.717, 1.165) is 40.7 Å². The number of anilines is 1. The number of methoxy groups -OCH3 is 1. The molecule has 0 saturated heterocycles. The van der Waals surface area contributed by atoms with Crippen molar-refractivity contribution in [3.05, 3.63) is 60.3 Å². The summed E-state index contributed by atoms with van der Waals surface area (Å²) in [6.07, 6.45) is 7.71. The van der Waals surface area contributed by atoms with Crippen LogP contribution in [0.2, 0.25) is 0 Å². The second kappa shape index (κ2) is 8.10. The summed E-state index contributed by atoms with van der Waals surface area (Å²) in [5.41, 5.74) is 3.16. The Morgan fingerprint density at radius 3 is 2.52 bits per heavy atom. The summed E-state index contributed by atoms with van der Waals surface area (Å²) in [6, 6.07) is 16.5. The fraction of sp³-hybridized carbons (Fsp3) is 0.360. The summed E-state index contributed by atoms with van der Waals surface area (Å²) in [4.78, 5) is 18.4. The molecule has 1 fully saturated rings. The van der Waals surface area contributed by atoms with Gasteiger partial charge in [0, 0.05) is 35.6 Å². The number of benzene rings is 2. The number of aromatic nitrogens is 1. The fourth-order valence-electron chi connectivity index (χ4n) is 4.95. The Balaban J connectivity index is 1.66. The summed E-state index contributed by atoms with van der Waals surface area (Å²) in [5, 5.41) is 8.05. The van der Waals surface area contributed by atoms with E-state index < -0.39 is 0 Å². The van der Waals surface area contributed by atoms with Gasteiger partial charge in [0.2, 0.25) is 0 Å². The standard InChI is InChI=1S/C25H28N4O2/c1-17(30)24-27-29(19-12-14-20(31-2)15-13-19)25(28(24)18-8-4-3-5-9-18)22-16-26-23-11-7-6-10-21(22)23/h6-7,10-16,18,25-26H,3-5,8-9H2,1-2H3/t25-/m0/s1. The Labute approximate surface area is 182 Å². The van der Waals surface area contributed by atoms with Gasteiger partial charge in [-0.3, -0.25) is 4.79 Å². The molecule has 5 rings (SSSR count). The maximum atomic E-state index is 12.7. The van der Waals surface area contributed by atoms with Gasteiger partial charge in [-0.15, -0.1) is 5.10 Å². The van der Waals surface area contributed by atoms with Gasteiger partial charge in [0.15, 0.2) is 17.8 Å². The van der Waals surface area contributed by atoms with E-state index in [1.807, 2.05) is 35.3 Å². The molecule has 1 aliphatic heterocycles. The van der Waals surface area contributed by atoms with Crippen molar-refractivity contribution in [2.24, 2.45) is 5.10 Å². The van der Waals surface area contributed by atoms with Crippen LogP contribution in [-0.2, 0) is 4.79 Å². The smallest absolute Gasteiger partial charge is 0.196 e. The number of ether oxygens (including phenoxy) is 1. The second-order valence-corrected chi connectivity index (χ2v) is 8.38. The van der Waals surface area contributed by atoms with Gasteiger partial charge in [-0.25, -0.2) is 5.01 Å². The van der Waals surface area contributed by atoms with Crippen LogP contribution in [0, 0.1) is 0 Å². The predicted octanol–water partition coefficient (Wildman–Crippen LogP) is 5.23. The fourth-order valence-corrected chi connectivity index (χ4v) is 4.95. The van der Waals surface area contributed by atoms with E-state index in [0.29, 0.717) is 11.9 Å². The van der Waals surface area contributed by atoms with Crippen molar-refractivity contribution >= 4 is 28.2 Å². The monoisotopic (exact) mass is 416 g/mol. The van der Waals surface area contributed by atoms with E-state index in [2.05, 4.69) is 34.3 Å². The van der Waals surface area contributed by atoms with E-state index in [-0.39, 0.29) is 11.9 Å². The molecule has 6 heteroatoms. The van der Waals surface area contributed by atoms with E-state index in [9.17, 15) is 4.79 Å². The van der Waals surface area contributed by atoms with E-state index in [1.54, 1.807) is 14.0 Å². The summed E-state index contributed by atoms with van der Waals surface area (Å²) < 4.78 is 5.34. The summed E-state index contributed by atoms with van der Waals surface area (Å²) in [5.74, 6) is 1.36.